The molecule has 0 aliphatic heterocycles. The van der Waals surface area contributed by atoms with Gasteiger partial charge in [-0.25, -0.2) is 4.39 Å². The average molecular weight is 275 g/mol. The molecule has 0 radical (unpaired) electrons. The fourth-order valence-corrected chi connectivity index (χ4v) is 2.17. The molecule has 1 aromatic rings. The standard InChI is InChI=1S/C13H16ClFOS/c1-13(2,3)17-8-9(16)7-10-11(14)5-4-6-12(10)15/h4-6H,7-8H2,1-3H3. The van der Waals surface area contributed by atoms with Crippen molar-refractivity contribution >= 4 is 29.1 Å². The summed E-state index contributed by atoms with van der Waals surface area (Å²) in [5.41, 5.74) is 0.300. The summed E-state index contributed by atoms with van der Waals surface area (Å²) in [5.74, 6) is -0.0303. The van der Waals surface area contributed by atoms with Crippen molar-refractivity contribution in [2.75, 3.05) is 5.75 Å². The Kier molecular flexibility index (Phi) is 5.02. The van der Waals surface area contributed by atoms with E-state index in [1.54, 1.807) is 17.8 Å². The third kappa shape index (κ3) is 5.09. The molecular weight excluding hydrogens is 259 g/mol. The van der Waals surface area contributed by atoms with Gasteiger partial charge in [0.25, 0.3) is 0 Å². The molecule has 0 fully saturated rings. The summed E-state index contributed by atoms with van der Waals surface area (Å²) in [6.45, 7) is 6.13. The average Bonchev–Trinajstić information content (AvgIpc) is 2.20. The van der Waals surface area contributed by atoms with Crippen LogP contribution in [0.5, 0.6) is 0 Å². The van der Waals surface area contributed by atoms with Crippen LogP contribution in [-0.2, 0) is 11.2 Å². The van der Waals surface area contributed by atoms with Gasteiger partial charge in [-0.15, -0.1) is 11.8 Å². The number of rotatable bonds is 4. The predicted molar refractivity (Wildman–Crippen MR) is 72.3 cm³/mol. The fraction of sp³-hybridized carbons (Fsp3) is 0.462. The van der Waals surface area contributed by atoms with Gasteiger partial charge in [-0.2, -0.15) is 0 Å². The molecule has 0 spiro atoms. The van der Waals surface area contributed by atoms with Crippen molar-refractivity contribution in [3.8, 4) is 0 Å². The van der Waals surface area contributed by atoms with Crippen LogP contribution in [0.1, 0.15) is 26.3 Å². The number of benzene rings is 1. The highest BCUT2D eigenvalue weighted by Crippen LogP contribution is 2.25. The van der Waals surface area contributed by atoms with E-state index >= 15 is 0 Å². The molecule has 4 heteroatoms. The van der Waals surface area contributed by atoms with Crippen LogP contribution in [0.15, 0.2) is 18.2 Å². The van der Waals surface area contributed by atoms with Gasteiger partial charge < -0.3 is 0 Å². The second-order valence-electron chi connectivity index (χ2n) is 4.82. The van der Waals surface area contributed by atoms with Crippen molar-refractivity contribution in [1.29, 1.82) is 0 Å². The summed E-state index contributed by atoms with van der Waals surface area (Å²) >= 11 is 7.42. The third-order valence-electron chi connectivity index (χ3n) is 2.10. The van der Waals surface area contributed by atoms with E-state index in [-0.39, 0.29) is 17.0 Å². The van der Waals surface area contributed by atoms with Crippen molar-refractivity contribution in [3.63, 3.8) is 0 Å². The van der Waals surface area contributed by atoms with E-state index in [1.165, 1.54) is 12.1 Å². The van der Waals surface area contributed by atoms with Gasteiger partial charge in [0.1, 0.15) is 11.6 Å². The van der Waals surface area contributed by atoms with E-state index in [0.717, 1.165) is 0 Å². The number of carbonyl (C=O) groups is 1. The van der Waals surface area contributed by atoms with E-state index < -0.39 is 5.82 Å². The largest absolute Gasteiger partial charge is 0.298 e. The van der Waals surface area contributed by atoms with Crippen LogP contribution in [0.25, 0.3) is 0 Å². The molecule has 0 amide bonds. The van der Waals surface area contributed by atoms with Crippen molar-refractivity contribution in [2.45, 2.75) is 31.9 Å². The molecule has 0 saturated heterocycles. The number of hydrogen-bond donors (Lipinski definition) is 0. The van der Waals surface area contributed by atoms with Crippen LogP contribution in [-0.4, -0.2) is 16.3 Å². The van der Waals surface area contributed by atoms with Gasteiger partial charge in [0.15, 0.2) is 0 Å². The minimum absolute atomic E-state index is 0.00285. The molecule has 0 aliphatic carbocycles. The lowest BCUT2D eigenvalue weighted by Crippen LogP contribution is -2.15. The second kappa shape index (κ2) is 5.87. The highest BCUT2D eigenvalue weighted by Gasteiger charge is 2.16. The minimum atomic E-state index is -0.411. The number of halogens is 2. The summed E-state index contributed by atoms with van der Waals surface area (Å²) in [5, 5.41) is 0.319. The first-order valence-electron chi connectivity index (χ1n) is 5.38. The zero-order valence-electron chi connectivity index (χ0n) is 10.2. The van der Waals surface area contributed by atoms with Gasteiger partial charge >= 0.3 is 0 Å². The van der Waals surface area contributed by atoms with E-state index in [4.69, 9.17) is 11.6 Å². The van der Waals surface area contributed by atoms with Crippen LogP contribution in [0.3, 0.4) is 0 Å². The summed E-state index contributed by atoms with van der Waals surface area (Å²) < 4.78 is 13.5. The minimum Gasteiger partial charge on any atom is -0.298 e. The maximum atomic E-state index is 13.4. The van der Waals surface area contributed by atoms with Gasteiger partial charge in [0, 0.05) is 21.8 Å². The molecule has 17 heavy (non-hydrogen) atoms. The molecule has 0 aliphatic rings. The van der Waals surface area contributed by atoms with Gasteiger partial charge in [0.2, 0.25) is 0 Å². The Hall–Kier alpha value is -0.540. The zero-order chi connectivity index (χ0) is 13.1. The number of ketones is 1. The molecule has 1 nitrogen and oxygen atoms in total. The number of Topliss-reactive ketones (excluding diaryl/α,β-unsaturated/α-hetero) is 1. The SMILES string of the molecule is CC(C)(C)SCC(=O)Cc1c(F)cccc1Cl. The maximum absolute atomic E-state index is 13.4. The van der Waals surface area contributed by atoms with Gasteiger partial charge in [-0.1, -0.05) is 38.4 Å². The van der Waals surface area contributed by atoms with E-state index in [0.29, 0.717) is 16.3 Å². The molecule has 1 aromatic carbocycles. The first-order valence-corrected chi connectivity index (χ1v) is 6.74. The van der Waals surface area contributed by atoms with Gasteiger partial charge in [-0.3, -0.25) is 4.79 Å². The quantitative estimate of drug-likeness (QED) is 0.821. The molecule has 94 valence electrons. The monoisotopic (exact) mass is 274 g/mol. The zero-order valence-corrected chi connectivity index (χ0v) is 11.8. The lowest BCUT2D eigenvalue weighted by molar-refractivity contribution is -0.116. The topological polar surface area (TPSA) is 17.1 Å². The second-order valence-corrected chi connectivity index (χ2v) is 7.03. The number of thioether (sulfide) groups is 1. The Morgan fingerprint density at radius 1 is 1.41 bits per heavy atom. The first kappa shape index (κ1) is 14.5. The van der Waals surface area contributed by atoms with Gasteiger partial charge in [0.05, 0.1) is 5.75 Å². The van der Waals surface area contributed by atoms with Crippen LogP contribution in [0, 0.1) is 5.82 Å². The summed E-state index contributed by atoms with van der Waals surface area (Å²) in [6.07, 6.45) is 0.0641. The Morgan fingerprint density at radius 3 is 2.59 bits per heavy atom. The van der Waals surface area contributed by atoms with Crippen molar-refractivity contribution in [1.82, 2.24) is 0 Å². The predicted octanol–water partition coefficient (Wildman–Crippen LogP) is 4.12. The molecule has 0 atom stereocenters. The summed E-state index contributed by atoms with van der Waals surface area (Å²) in [4.78, 5) is 11.7. The number of hydrogen-bond acceptors (Lipinski definition) is 2. The lowest BCUT2D eigenvalue weighted by Gasteiger charge is -2.16. The molecule has 0 aromatic heterocycles. The van der Waals surface area contributed by atoms with Gasteiger partial charge in [-0.05, 0) is 12.1 Å². The summed E-state index contributed by atoms with van der Waals surface area (Å²) in [7, 11) is 0. The van der Waals surface area contributed by atoms with Crippen molar-refractivity contribution in [3.05, 3.63) is 34.6 Å². The molecule has 0 N–H and O–H groups in total. The molecule has 0 bridgehead atoms. The number of carbonyl (C=O) groups excluding carboxylic acids is 1. The maximum Gasteiger partial charge on any atom is 0.147 e. The normalized spacial score (nSPS) is 11.6. The molecular formula is C13H16ClFOS. The van der Waals surface area contributed by atoms with E-state index in [1.807, 2.05) is 20.8 Å². The fourth-order valence-electron chi connectivity index (χ4n) is 1.25. The molecule has 1 rings (SSSR count). The Labute approximate surface area is 111 Å². The van der Waals surface area contributed by atoms with Crippen molar-refractivity contribution in [2.24, 2.45) is 0 Å². The third-order valence-corrected chi connectivity index (χ3v) is 3.79. The highest BCUT2D eigenvalue weighted by molar-refractivity contribution is 8.01. The van der Waals surface area contributed by atoms with E-state index in [9.17, 15) is 9.18 Å². The lowest BCUT2D eigenvalue weighted by atomic mass is 10.1. The van der Waals surface area contributed by atoms with Crippen LogP contribution >= 0.6 is 23.4 Å². The van der Waals surface area contributed by atoms with Crippen molar-refractivity contribution < 1.29 is 9.18 Å². The first-order chi connectivity index (χ1) is 7.79. The molecule has 0 heterocycles. The Balaban J connectivity index is 2.63. The van der Waals surface area contributed by atoms with Crippen LogP contribution in [0.2, 0.25) is 5.02 Å². The van der Waals surface area contributed by atoms with Crippen LogP contribution in [0.4, 0.5) is 4.39 Å². The Bertz CT molecular complexity index is 392. The highest BCUT2D eigenvalue weighted by atomic mass is 35.5. The molecule has 0 unspecified atom stereocenters. The van der Waals surface area contributed by atoms with Crippen LogP contribution < -0.4 is 0 Å². The Morgan fingerprint density at radius 2 is 2.06 bits per heavy atom. The smallest absolute Gasteiger partial charge is 0.147 e. The van der Waals surface area contributed by atoms with E-state index in [2.05, 4.69) is 0 Å². The summed E-state index contributed by atoms with van der Waals surface area (Å²) in [6, 6.07) is 4.46. The molecule has 0 saturated carbocycles.